The lowest BCUT2D eigenvalue weighted by Gasteiger charge is -2.22. The lowest BCUT2D eigenvalue weighted by atomic mass is 10.2. The highest BCUT2D eigenvalue weighted by molar-refractivity contribution is 9.10. The molecule has 3 aromatic rings. The Bertz CT molecular complexity index is 821. The molecule has 0 aliphatic carbocycles. The summed E-state index contributed by atoms with van der Waals surface area (Å²) in [5.41, 5.74) is 3.30. The van der Waals surface area contributed by atoms with Crippen LogP contribution in [0.4, 0.5) is 0 Å². The summed E-state index contributed by atoms with van der Waals surface area (Å²) in [5, 5.41) is 3.41. The SMILES string of the molecule is CN=C(NCCc1cn2ccccc2n1)N(C)Cc1ccc(Br)cc1. The molecule has 0 fully saturated rings. The third-order valence-electron chi connectivity index (χ3n) is 3.98. The monoisotopic (exact) mass is 399 g/mol. The third kappa shape index (κ3) is 4.60. The number of pyridine rings is 1. The zero-order valence-corrected chi connectivity index (χ0v) is 16.1. The molecule has 0 amide bonds. The minimum atomic E-state index is 0.793. The van der Waals surface area contributed by atoms with Crippen LogP contribution in [0.2, 0.25) is 0 Å². The topological polar surface area (TPSA) is 44.9 Å². The van der Waals surface area contributed by atoms with Gasteiger partial charge in [0, 0.05) is 50.5 Å². The van der Waals surface area contributed by atoms with E-state index in [0.29, 0.717) is 0 Å². The number of aliphatic imine (C=N–C) groups is 1. The first-order valence-electron chi connectivity index (χ1n) is 8.24. The van der Waals surface area contributed by atoms with Crippen LogP contribution in [0, 0.1) is 0 Å². The van der Waals surface area contributed by atoms with E-state index in [9.17, 15) is 0 Å². The van der Waals surface area contributed by atoms with Gasteiger partial charge in [-0.05, 0) is 29.8 Å². The second-order valence-corrected chi connectivity index (χ2v) is 6.82. The maximum absolute atomic E-state index is 4.62. The number of halogens is 1. The van der Waals surface area contributed by atoms with Crippen LogP contribution in [0.15, 0.2) is 64.3 Å². The zero-order chi connectivity index (χ0) is 17.6. The van der Waals surface area contributed by atoms with E-state index in [1.54, 1.807) is 0 Å². The van der Waals surface area contributed by atoms with Gasteiger partial charge < -0.3 is 14.6 Å². The van der Waals surface area contributed by atoms with Gasteiger partial charge >= 0.3 is 0 Å². The molecule has 0 saturated heterocycles. The summed E-state index contributed by atoms with van der Waals surface area (Å²) in [4.78, 5) is 11.1. The highest BCUT2D eigenvalue weighted by Gasteiger charge is 2.07. The molecule has 5 nitrogen and oxygen atoms in total. The number of hydrogen-bond donors (Lipinski definition) is 1. The molecule has 0 atom stereocenters. The number of nitrogens with one attached hydrogen (secondary N) is 1. The van der Waals surface area contributed by atoms with E-state index in [2.05, 4.69) is 66.6 Å². The summed E-state index contributed by atoms with van der Waals surface area (Å²) in [6.07, 6.45) is 4.95. The van der Waals surface area contributed by atoms with Crippen molar-refractivity contribution in [2.75, 3.05) is 20.6 Å². The van der Waals surface area contributed by atoms with Crippen LogP contribution < -0.4 is 5.32 Å². The summed E-state index contributed by atoms with van der Waals surface area (Å²) in [7, 11) is 3.85. The zero-order valence-electron chi connectivity index (χ0n) is 14.5. The first kappa shape index (κ1) is 17.5. The molecule has 0 unspecified atom stereocenters. The quantitative estimate of drug-likeness (QED) is 0.528. The number of nitrogens with zero attached hydrogens (tertiary/aromatic N) is 4. The smallest absolute Gasteiger partial charge is 0.193 e. The number of imidazole rings is 1. The number of guanidine groups is 1. The fraction of sp³-hybridized carbons (Fsp3) is 0.263. The average Bonchev–Trinajstić information content (AvgIpc) is 3.03. The number of aromatic nitrogens is 2. The Kier molecular flexibility index (Phi) is 5.71. The van der Waals surface area contributed by atoms with E-state index in [-0.39, 0.29) is 0 Å². The minimum Gasteiger partial charge on any atom is -0.356 e. The van der Waals surface area contributed by atoms with Crippen molar-refractivity contribution >= 4 is 27.5 Å². The van der Waals surface area contributed by atoms with Crippen LogP contribution in [0.25, 0.3) is 5.65 Å². The van der Waals surface area contributed by atoms with Gasteiger partial charge in [-0.3, -0.25) is 4.99 Å². The summed E-state index contributed by atoms with van der Waals surface area (Å²) in [6.45, 7) is 1.60. The number of rotatable bonds is 5. The first-order valence-corrected chi connectivity index (χ1v) is 9.04. The van der Waals surface area contributed by atoms with E-state index >= 15 is 0 Å². The molecule has 25 heavy (non-hydrogen) atoms. The molecule has 0 aliphatic rings. The van der Waals surface area contributed by atoms with Gasteiger partial charge in [-0.25, -0.2) is 4.98 Å². The van der Waals surface area contributed by atoms with Crippen LogP contribution in [-0.2, 0) is 13.0 Å². The van der Waals surface area contributed by atoms with Gasteiger partial charge in [0.2, 0.25) is 0 Å². The van der Waals surface area contributed by atoms with Gasteiger partial charge in [-0.2, -0.15) is 0 Å². The summed E-state index contributed by atoms with van der Waals surface area (Å²) in [5.74, 6) is 0.881. The Labute approximate surface area is 156 Å². The van der Waals surface area contributed by atoms with Crippen LogP contribution in [0.5, 0.6) is 0 Å². The molecule has 1 N–H and O–H groups in total. The van der Waals surface area contributed by atoms with Crippen molar-refractivity contribution in [1.82, 2.24) is 19.6 Å². The van der Waals surface area contributed by atoms with E-state index in [1.165, 1.54) is 5.56 Å². The highest BCUT2D eigenvalue weighted by Crippen LogP contribution is 2.12. The summed E-state index contributed by atoms with van der Waals surface area (Å²) in [6, 6.07) is 14.4. The molecule has 0 bridgehead atoms. The first-order chi connectivity index (χ1) is 12.2. The maximum Gasteiger partial charge on any atom is 0.193 e. The fourth-order valence-corrected chi connectivity index (χ4v) is 3.00. The van der Waals surface area contributed by atoms with E-state index < -0.39 is 0 Å². The molecule has 3 rings (SSSR count). The standard InChI is InChI=1S/C19H22BrN5/c1-21-19(24(2)13-15-6-8-16(20)9-7-15)22-11-10-17-14-25-12-4-3-5-18(25)23-17/h3-9,12,14H,10-11,13H2,1-2H3,(H,21,22). The molecule has 130 valence electrons. The predicted octanol–water partition coefficient (Wildman–Crippen LogP) is 3.35. The highest BCUT2D eigenvalue weighted by atomic mass is 79.9. The number of benzene rings is 1. The lowest BCUT2D eigenvalue weighted by molar-refractivity contribution is 0.477. The van der Waals surface area contributed by atoms with Crippen molar-refractivity contribution in [1.29, 1.82) is 0 Å². The Balaban J connectivity index is 1.54. The third-order valence-corrected chi connectivity index (χ3v) is 4.51. The van der Waals surface area contributed by atoms with E-state index in [1.807, 2.05) is 42.9 Å². The number of fused-ring (bicyclic) bond motifs is 1. The summed E-state index contributed by atoms with van der Waals surface area (Å²) < 4.78 is 3.14. The molecular weight excluding hydrogens is 378 g/mol. The largest absolute Gasteiger partial charge is 0.356 e. The van der Waals surface area contributed by atoms with Crippen molar-refractivity contribution in [3.05, 3.63) is 70.6 Å². The van der Waals surface area contributed by atoms with Gasteiger partial charge in [0.25, 0.3) is 0 Å². The van der Waals surface area contributed by atoms with Crippen molar-refractivity contribution in [3.63, 3.8) is 0 Å². The Morgan fingerprint density at radius 1 is 1.24 bits per heavy atom. The molecule has 0 spiro atoms. The van der Waals surface area contributed by atoms with Crippen LogP contribution >= 0.6 is 15.9 Å². The predicted molar refractivity (Wildman–Crippen MR) is 106 cm³/mol. The maximum atomic E-state index is 4.62. The van der Waals surface area contributed by atoms with Gasteiger partial charge in [-0.1, -0.05) is 34.1 Å². The molecule has 0 radical (unpaired) electrons. The van der Waals surface area contributed by atoms with Gasteiger partial charge in [0.1, 0.15) is 5.65 Å². The van der Waals surface area contributed by atoms with Crippen molar-refractivity contribution in [2.24, 2.45) is 4.99 Å². The Morgan fingerprint density at radius 3 is 2.76 bits per heavy atom. The second-order valence-electron chi connectivity index (χ2n) is 5.90. The number of hydrogen-bond acceptors (Lipinski definition) is 2. The molecule has 1 aromatic carbocycles. The van der Waals surface area contributed by atoms with E-state index in [0.717, 1.165) is 41.3 Å². The molecule has 6 heteroatoms. The van der Waals surface area contributed by atoms with Gasteiger partial charge in [0.15, 0.2) is 5.96 Å². The van der Waals surface area contributed by atoms with Gasteiger partial charge in [0.05, 0.1) is 5.69 Å². The minimum absolute atomic E-state index is 0.793. The molecule has 2 aromatic heterocycles. The Hall–Kier alpha value is -2.34. The molecular formula is C19H22BrN5. The summed E-state index contributed by atoms with van der Waals surface area (Å²) >= 11 is 3.47. The fourth-order valence-electron chi connectivity index (χ4n) is 2.73. The van der Waals surface area contributed by atoms with Crippen molar-refractivity contribution in [3.8, 4) is 0 Å². The normalized spacial score (nSPS) is 11.7. The molecule has 0 saturated carbocycles. The average molecular weight is 400 g/mol. The van der Waals surface area contributed by atoms with Crippen molar-refractivity contribution in [2.45, 2.75) is 13.0 Å². The Morgan fingerprint density at radius 2 is 2.04 bits per heavy atom. The molecule has 2 heterocycles. The van der Waals surface area contributed by atoms with Gasteiger partial charge in [-0.15, -0.1) is 0 Å². The van der Waals surface area contributed by atoms with Crippen LogP contribution in [0.3, 0.4) is 0 Å². The second kappa shape index (κ2) is 8.16. The molecule has 0 aliphatic heterocycles. The van der Waals surface area contributed by atoms with Crippen LogP contribution in [-0.4, -0.2) is 40.9 Å². The van der Waals surface area contributed by atoms with Crippen molar-refractivity contribution < 1.29 is 0 Å². The van der Waals surface area contributed by atoms with E-state index in [4.69, 9.17) is 0 Å². The van der Waals surface area contributed by atoms with Crippen LogP contribution in [0.1, 0.15) is 11.3 Å². The lowest BCUT2D eigenvalue weighted by Crippen LogP contribution is -2.39.